The molecule has 0 spiro atoms. The van der Waals surface area contributed by atoms with Gasteiger partial charge >= 0.3 is 0 Å². The molecule has 8 aromatic rings. The van der Waals surface area contributed by atoms with Crippen molar-refractivity contribution in [3.63, 3.8) is 0 Å². The van der Waals surface area contributed by atoms with E-state index in [1.807, 2.05) is 0 Å². The zero-order valence-electron chi connectivity index (χ0n) is 39.0. The molecule has 0 amide bonds. The van der Waals surface area contributed by atoms with Crippen molar-refractivity contribution >= 4 is 17.1 Å². The topological polar surface area (TPSA) is 3.24 Å². The van der Waals surface area contributed by atoms with Gasteiger partial charge < -0.3 is 4.90 Å². The number of nitrogens with zero attached hydrogens (tertiary/aromatic N) is 1. The van der Waals surface area contributed by atoms with Gasteiger partial charge in [-0.1, -0.05) is 177 Å². The van der Waals surface area contributed by atoms with Crippen LogP contribution in [0.25, 0.3) is 33.4 Å². The van der Waals surface area contributed by atoms with Gasteiger partial charge in [0, 0.05) is 17.1 Å². The maximum Gasteiger partial charge on any atom is 0.0714 e. The first-order valence-corrected chi connectivity index (χ1v) is 25.7. The van der Waals surface area contributed by atoms with Crippen LogP contribution in [0.2, 0.25) is 0 Å². The lowest BCUT2D eigenvalue weighted by atomic mass is 9.51. The maximum atomic E-state index is 2.53. The minimum Gasteiger partial charge on any atom is -0.310 e. The monoisotopic (exact) mass is 867 g/mol. The highest BCUT2D eigenvalue weighted by atomic mass is 15.1. The van der Waals surface area contributed by atoms with Crippen LogP contribution in [0, 0.1) is 30.6 Å². The summed E-state index contributed by atoms with van der Waals surface area (Å²) >= 11 is 0. The molecule has 6 aliphatic carbocycles. The predicted octanol–water partition coefficient (Wildman–Crippen LogP) is 17.7. The van der Waals surface area contributed by atoms with Gasteiger partial charge in [0.25, 0.3) is 0 Å². The Morgan fingerprint density at radius 2 is 0.940 bits per heavy atom. The minimum absolute atomic E-state index is 0.480. The highest BCUT2D eigenvalue weighted by molar-refractivity contribution is 5.91. The van der Waals surface area contributed by atoms with Gasteiger partial charge in [-0.3, -0.25) is 0 Å². The maximum absolute atomic E-state index is 2.53. The fraction of sp³-hybridized carbons (Fsp3) is 0.273. The van der Waals surface area contributed by atoms with Crippen LogP contribution in [-0.4, -0.2) is 0 Å². The molecule has 0 unspecified atom stereocenters. The Morgan fingerprint density at radius 3 is 1.54 bits per heavy atom. The third-order valence-electron chi connectivity index (χ3n) is 17.4. The van der Waals surface area contributed by atoms with Gasteiger partial charge in [-0.05, 0) is 196 Å². The van der Waals surface area contributed by atoms with Crippen LogP contribution < -0.4 is 4.90 Å². The average Bonchev–Trinajstić information content (AvgIpc) is 3.69. The molecular weight excluding hydrogens is 807 g/mol. The molecule has 67 heavy (non-hydrogen) atoms. The van der Waals surface area contributed by atoms with Crippen molar-refractivity contribution in [3.8, 4) is 33.4 Å². The molecule has 0 aliphatic heterocycles. The molecule has 0 N–H and O–H groups in total. The third-order valence-corrected chi connectivity index (χ3v) is 17.4. The number of rotatable bonds is 9. The van der Waals surface area contributed by atoms with Crippen molar-refractivity contribution in [1.82, 2.24) is 0 Å². The van der Waals surface area contributed by atoms with Crippen LogP contribution in [0.1, 0.15) is 115 Å². The molecule has 0 atom stereocenters. The molecule has 0 heterocycles. The molecular formula is C66H61N. The first-order chi connectivity index (χ1) is 33.1. The van der Waals surface area contributed by atoms with Gasteiger partial charge in [0.15, 0.2) is 0 Å². The van der Waals surface area contributed by atoms with Crippen molar-refractivity contribution in [2.24, 2.45) is 23.7 Å². The summed E-state index contributed by atoms with van der Waals surface area (Å²) < 4.78 is 0. The second-order valence-electron chi connectivity index (χ2n) is 21.1. The van der Waals surface area contributed by atoms with Crippen LogP contribution in [0.15, 0.2) is 194 Å². The van der Waals surface area contributed by atoms with E-state index in [0.717, 1.165) is 29.4 Å². The van der Waals surface area contributed by atoms with Gasteiger partial charge in [-0.25, -0.2) is 0 Å². The largest absolute Gasteiger partial charge is 0.310 e. The Morgan fingerprint density at radius 1 is 0.418 bits per heavy atom. The highest BCUT2D eigenvalue weighted by Gasteiger charge is 2.49. The summed E-state index contributed by atoms with van der Waals surface area (Å²) in [5, 5.41) is 0. The second kappa shape index (κ2) is 16.7. The molecule has 6 aliphatic rings. The molecule has 330 valence electrons. The van der Waals surface area contributed by atoms with E-state index in [4.69, 9.17) is 0 Å². The van der Waals surface area contributed by atoms with E-state index in [9.17, 15) is 0 Å². The number of fused-ring (bicyclic) bond motifs is 3. The fourth-order valence-corrected chi connectivity index (χ4v) is 14.8. The number of hydrogen-bond acceptors (Lipinski definition) is 1. The van der Waals surface area contributed by atoms with E-state index in [-0.39, 0.29) is 0 Å². The molecule has 14 rings (SSSR count). The molecule has 4 bridgehead atoms. The quantitative estimate of drug-likeness (QED) is 0.140. The van der Waals surface area contributed by atoms with Crippen molar-refractivity contribution in [3.05, 3.63) is 233 Å². The van der Waals surface area contributed by atoms with Crippen LogP contribution in [0.3, 0.4) is 0 Å². The highest BCUT2D eigenvalue weighted by Crippen LogP contribution is 2.61. The van der Waals surface area contributed by atoms with E-state index in [1.165, 1.54) is 142 Å². The summed E-state index contributed by atoms with van der Waals surface area (Å²) in [7, 11) is 0. The average molecular weight is 868 g/mol. The molecule has 1 nitrogen and oxygen atoms in total. The Labute approximate surface area is 398 Å². The number of benzene rings is 8. The third kappa shape index (κ3) is 6.86. The summed E-state index contributed by atoms with van der Waals surface area (Å²) in [6.07, 6.45) is 14.0. The lowest BCUT2D eigenvalue weighted by molar-refractivity contribution is -0.00277. The summed E-state index contributed by atoms with van der Waals surface area (Å²) in [6, 6.07) is 74.5. The summed E-state index contributed by atoms with van der Waals surface area (Å²) in [4.78, 5) is 2.53. The summed E-state index contributed by atoms with van der Waals surface area (Å²) in [5.41, 5.74) is 20.5. The Balaban J connectivity index is 0.932. The van der Waals surface area contributed by atoms with Gasteiger partial charge in [0.2, 0.25) is 0 Å². The van der Waals surface area contributed by atoms with E-state index in [2.05, 4.69) is 206 Å². The molecule has 0 aromatic heterocycles. The standard InChI is InChI=1S/C66H61N/c1-44-14-13-23-62-64(44)61-37-36-58(43-63(61)66(62,54-17-7-3-8-18-54)55-19-9-4-10-20-55)67(57-34-30-51(31-35-57)65-52-39-45-38-46(41-52)42-53(65)40-45)56-32-28-50(29-33-56)60-22-12-11-21-59(60)49-26-24-48(25-27-49)47-15-5-2-6-16-47/h3-4,7-14,17-37,43,45-47,52-53,65H,2,5-6,15-16,38-42H2,1H3. The number of aryl methyl sites for hydroxylation is 1. The van der Waals surface area contributed by atoms with Gasteiger partial charge in [0.1, 0.15) is 0 Å². The molecule has 0 saturated heterocycles. The first-order valence-electron chi connectivity index (χ1n) is 25.7. The first kappa shape index (κ1) is 40.8. The molecule has 0 radical (unpaired) electrons. The van der Waals surface area contributed by atoms with Crippen molar-refractivity contribution in [1.29, 1.82) is 0 Å². The van der Waals surface area contributed by atoms with Crippen molar-refractivity contribution < 1.29 is 0 Å². The van der Waals surface area contributed by atoms with E-state index >= 15 is 0 Å². The minimum atomic E-state index is -0.480. The van der Waals surface area contributed by atoms with Crippen molar-refractivity contribution in [2.75, 3.05) is 4.90 Å². The summed E-state index contributed by atoms with van der Waals surface area (Å²) in [6.45, 7) is 2.28. The SMILES string of the molecule is Cc1cccc2c1-c1ccc(N(c3ccc(-c4ccccc4-c4ccc(C5CCCCC5)cc4)cc3)c3ccc(C4C5CC6CC(C5)CC4C6)cc3)cc1C2(c1ccccc1)c1ccccc1. The van der Waals surface area contributed by atoms with E-state index in [1.54, 1.807) is 5.56 Å². The van der Waals surface area contributed by atoms with E-state index in [0.29, 0.717) is 11.8 Å². The predicted molar refractivity (Wildman–Crippen MR) is 280 cm³/mol. The Kier molecular flexibility index (Phi) is 10.2. The van der Waals surface area contributed by atoms with Crippen molar-refractivity contribution in [2.45, 2.75) is 88.4 Å². The second-order valence-corrected chi connectivity index (χ2v) is 21.1. The van der Waals surface area contributed by atoms with Gasteiger partial charge in [-0.15, -0.1) is 0 Å². The molecule has 5 fully saturated rings. The molecule has 8 aromatic carbocycles. The molecule has 5 saturated carbocycles. The van der Waals surface area contributed by atoms with Crippen LogP contribution >= 0.6 is 0 Å². The zero-order valence-corrected chi connectivity index (χ0v) is 39.0. The lowest BCUT2D eigenvalue weighted by Crippen LogP contribution is -2.43. The van der Waals surface area contributed by atoms with Crippen LogP contribution in [0.5, 0.6) is 0 Å². The number of hydrogen-bond donors (Lipinski definition) is 0. The molecule has 1 heteroatoms. The van der Waals surface area contributed by atoms with Gasteiger partial charge in [-0.2, -0.15) is 0 Å². The Bertz CT molecular complexity index is 2980. The van der Waals surface area contributed by atoms with Gasteiger partial charge in [0.05, 0.1) is 5.41 Å². The van der Waals surface area contributed by atoms with E-state index < -0.39 is 5.41 Å². The normalized spacial score (nSPS) is 22.3. The zero-order chi connectivity index (χ0) is 44.5. The number of anilines is 3. The lowest BCUT2D eigenvalue weighted by Gasteiger charge is -2.54. The fourth-order valence-electron chi connectivity index (χ4n) is 14.8. The smallest absolute Gasteiger partial charge is 0.0714 e. The Hall–Kier alpha value is -6.44. The summed E-state index contributed by atoms with van der Waals surface area (Å²) in [5.74, 6) is 5.08. The van der Waals surface area contributed by atoms with Crippen LogP contribution in [0.4, 0.5) is 17.1 Å². The van der Waals surface area contributed by atoms with Crippen LogP contribution in [-0.2, 0) is 5.41 Å².